The Hall–Kier alpha value is -4.68. The highest BCUT2D eigenvalue weighted by molar-refractivity contribution is 5.98. The van der Waals surface area contributed by atoms with Crippen LogP contribution >= 0.6 is 0 Å². The summed E-state index contributed by atoms with van der Waals surface area (Å²) in [5.74, 6) is -3.19. The topological polar surface area (TPSA) is 166 Å². The highest BCUT2D eigenvalue weighted by Crippen LogP contribution is 2.32. The van der Waals surface area contributed by atoms with Crippen LogP contribution in [0.4, 0.5) is 0 Å². The quantitative estimate of drug-likeness (QED) is 0.218. The van der Waals surface area contributed by atoms with Crippen LogP contribution in [-0.2, 0) is 28.5 Å². The first kappa shape index (κ1) is 51.3. The first-order valence-corrected chi connectivity index (χ1v) is 18.6. The zero-order chi connectivity index (χ0) is 40.8. The molecular formula is C47H66O11. The fourth-order valence-corrected chi connectivity index (χ4v) is 6.46. The Labute approximate surface area is 345 Å². The van der Waals surface area contributed by atoms with Gasteiger partial charge in [0.25, 0.3) is 0 Å². The van der Waals surface area contributed by atoms with Gasteiger partial charge >= 0.3 is 11.9 Å². The Morgan fingerprint density at radius 1 is 0.638 bits per heavy atom. The number of ether oxygens (including phenoxy) is 4. The van der Waals surface area contributed by atoms with E-state index < -0.39 is 42.0 Å². The van der Waals surface area contributed by atoms with E-state index in [4.69, 9.17) is 18.9 Å². The van der Waals surface area contributed by atoms with Crippen LogP contribution in [0.2, 0.25) is 0 Å². The van der Waals surface area contributed by atoms with Gasteiger partial charge in [0, 0.05) is 11.8 Å². The van der Waals surface area contributed by atoms with Crippen LogP contribution in [-0.4, -0.2) is 81.2 Å². The molecule has 11 nitrogen and oxygen atoms in total. The van der Waals surface area contributed by atoms with Crippen LogP contribution in [0.1, 0.15) is 125 Å². The van der Waals surface area contributed by atoms with Crippen LogP contribution < -0.4 is 0 Å². The van der Waals surface area contributed by atoms with Crippen molar-refractivity contribution in [2.75, 3.05) is 0 Å². The minimum Gasteiger partial charge on any atom is -0.507 e. The zero-order valence-electron chi connectivity index (χ0n) is 33.1. The zero-order valence-corrected chi connectivity index (χ0v) is 33.1. The number of phenolic OH excluding ortho intramolecular Hbond substituents is 1. The summed E-state index contributed by atoms with van der Waals surface area (Å²) in [7, 11) is 0. The second-order valence-corrected chi connectivity index (χ2v) is 15.1. The largest absolute Gasteiger partial charge is 0.507 e. The van der Waals surface area contributed by atoms with Gasteiger partial charge in [0.15, 0.2) is 17.4 Å². The summed E-state index contributed by atoms with van der Waals surface area (Å²) < 4.78 is 23.0. The first-order valence-electron chi connectivity index (χ1n) is 18.6. The van der Waals surface area contributed by atoms with Crippen molar-refractivity contribution in [1.82, 2.24) is 0 Å². The number of rotatable bonds is 0. The Kier molecular flexibility index (Phi) is 19.4. The van der Waals surface area contributed by atoms with Gasteiger partial charge in [-0.15, -0.1) is 0 Å². The SMILES string of the molecule is C.C.C.Cc1cc(C)c2c(c1)C=CC[C@@H]1OC(C)(C)O[C@@H]1C(=O)/C=C\[C@@H](C)[C@H](C)OC2=O.Cc1cc(O)c2c(c1)C=CC[C@H](O)[C@H](O)C(=O)/C=C\[C@@H](C)[C@H](C)OC2=O. The predicted molar refractivity (Wildman–Crippen MR) is 228 cm³/mol. The van der Waals surface area contributed by atoms with Gasteiger partial charge in [0.1, 0.15) is 35.7 Å². The van der Waals surface area contributed by atoms with Gasteiger partial charge in [-0.3, -0.25) is 9.59 Å². The molecule has 8 atom stereocenters. The number of carbonyl (C=O) groups is 4. The molecule has 0 radical (unpaired) electrons. The minimum atomic E-state index is -1.53. The average Bonchev–Trinajstić information content (AvgIpc) is 3.41. The summed E-state index contributed by atoms with van der Waals surface area (Å²) in [5, 5.41) is 30.1. The fraction of sp³-hybridized carbons (Fsp3) is 0.489. The molecule has 0 bridgehead atoms. The molecular weight excluding hydrogens is 741 g/mol. The maximum atomic E-state index is 12.9. The summed E-state index contributed by atoms with van der Waals surface area (Å²) in [6.07, 6.45) is 8.67. The van der Waals surface area contributed by atoms with Crippen molar-refractivity contribution < 1.29 is 53.4 Å². The number of ketones is 2. The number of esters is 2. The van der Waals surface area contributed by atoms with Gasteiger partial charge in [-0.1, -0.05) is 96.3 Å². The molecule has 58 heavy (non-hydrogen) atoms. The molecule has 0 aromatic heterocycles. The van der Waals surface area contributed by atoms with Crippen LogP contribution in [0.3, 0.4) is 0 Å². The standard InChI is InChI=1S/C24H30O5.C20H24O6.3CH4/c1-14-12-16(3)21-18(13-14)8-7-9-20-22(29-24(5,6)28-20)19(25)11-10-15(2)17(4)27-23(21)26;1-11-9-14-5-4-6-15(21)19(24)16(22)8-7-12(2)13(3)26-20(25)18(14)17(23)10-11;;;/h7-8,10-13,15,17,20,22H,9H2,1-6H3;4-5,7-10,12-13,15,19,21,23-24H,6H2,1-3H3;3*1H4/b8-7?,11-10-;5-4?,8-7-;;;/t15-,17+,20+,22-;12-,13+,15+,19+;;;/m11.../s1. The number of carbonyl (C=O) groups excluding carboxylic acids is 4. The molecule has 0 aliphatic carbocycles. The molecule has 2 aromatic carbocycles. The molecule has 1 fully saturated rings. The lowest BCUT2D eigenvalue weighted by Crippen LogP contribution is -2.32. The van der Waals surface area contributed by atoms with Gasteiger partial charge in [0.2, 0.25) is 0 Å². The Morgan fingerprint density at radius 3 is 1.69 bits per heavy atom. The van der Waals surface area contributed by atoms with Crippen LogP contribution in [0.15, 0.2) is 60.7 Å². The third-order valence-corrected chi connectivity index (χ3v) is 9.87. The van der Waals surface area contributed by atoms with E-state index in [9.17, 15) is 34.5 Å². The minimum absolute atomic E-state index is 0. The summed E-state index contributed by atoms with van der Waals surface area (Å²) in [4.78, 5) is 50.1. The molecule has 1 saturated heterocycles. The fourth-order valence-electron chi connectivity index (χ4n) is 6.46. The maximum absolute atomic E-state index is 12.9. The van der Waals surface area contributed by atoms with E-state index in [0.29, 0.717) is 17.5 Å². The third kappa shape index (κ3) is 13.2. The number of aromatic hydroxyl groups is 1. The van der Waals surface area contributed by atoms with Crippen LogP contribution in [0.25, 0.3) is 12.2 Å². The van der Waals surface area contributed by atoms with Crippen molar-refractivity contribution >= 4 is 35.7 Å². The van der Waals surface area contributed by atoms with E-state index in [-0.39, 0.29) is 75.8 Å². The van der Waals surface area contributed by atoms with Crippen molar-refractivity contribution in [1.29, 1.82) is 0 Å². The van der Waals surface area contributed by atoms with Crippen molar-refractivity contribution in [2.45, 2.75) is 140 Å². The lowest BCUT2D eigenvalue weighted by atomic mass is 9.96. The molecule has 3 aliphatic rings. The number of benzene rings is 2. The lowest BCUT2D eigenvalue weighted by Gasteiger charge is -2.20. The van der Waals surface area contributed by atoms with Crippen molar-refractivity contribution in [3.8, 4) is 5.75 Å². The number of hydrogen-bond donors (Lipinski definition) is 3. The molecule has 0 spiro atoms. The highest BCUT2D eigenvalue weighted by atomic mass is 16.8. The van der Waals surface area contributed by atoms with E-state index in [1.54, 1.807) is 39.0 Å². The van der Waals surface area contributed by atoms with Crippen LogP contribution in [0.5, 0.6) is 5.75 Å². The second-order valence-electron chi connectivity index (χ2n) is 15.1. The number of aryl methyl sites for hydroxylation is 3. The predicted octanol–water partition coefficient (Wildman–Crippen LogP) is 8.60. The molecule has 0 amide bonds. The molecule has 0 unspecified atom stereocenters. The normalized spacial score (nSPS) is 28.3. The molecule has 3 heterocycles. The van der Waals surface area contributed by atoms with E-state index in [2.05, 4.69) is 0 Å². The maximum Gasteiger partial charge on any atom is 0.342 e. The molecule has 11 heteroatoms. The molecule has 3 aliphatic heterocycles. The van der Waals surface area contributed by atoms with Crippen molar-refractivity contribution in [3.63, 3.8) is 0 Å². The van der Waals surface area contributed by atoms with Crippen molar-refractivity contribution in [2.24, 2.45) is 11.8 Å². The van der Waals surface area contributed by atoms with Gasteiger partial charge in [0.05, 0.1) is 17.8 Å². The molecule has 3 N–H and O–H groups in total. The number of aliphatic hydroxyl groups excluding tert-OH is 2. The van der Waals surface area contributed by atoms with E-state index >= 15 is 0 Å². The lowest BCUT2D eigenvalue weighted by molar-refractivity contribution is -0.152. The van der Waals surface area contributed by atoms with E-state index in [1.165, 1.54) is 30.4 Å². The van der Waals surface area contributed by atoms with Gasteiger partial charge in [-0.25, -0.2) is 9.59 Å². The molecule has 0 saturated carbocycles. The monoisotopic (exact) mass is 806 g/mol. The van der Waals surface area contributed by atoms with Gasteiger partial charge in [-0.2, -0.15) is 0 Å². The number of cyclic esters (lactones) is 2. The number of aliphatic hydroxyl groups is 2. The van der Waals surface area contributed by atoms with Gasteiger partial charge in [-0.05, 0) is 102 Å². The highest BCUT2D eigenvalue weighted by Gasteiger charge is 2.43. The summed E-state index contributed by atoms with van der Waals surface area (Å²) in [6.45, 7) is 16.5. The van der Waals surface area contributed by atoms with Crippen molar-refractivity contribution in [3.05, 3.63) is 99.7 Å². The average molecular weight is 807 g/mol. The smallest absolute Gasteiger partial charge is 0.342 e. The Morgan fingerprint density at radius 2 is 1.12 bits per heavy atom. The van der Waals surface area contributed by atoms with E-state index in [1.807, 2.05) is 65.8 Å². The van der Waals surface area contributed by atoms with E-state index in [0.717, 1.165) is 22.3 Å². The molecule has 5 rings (SSSR count). The third-order valence-electron chi connectivity index (χ3n) is 9.87. The summed E-state index contributed by atoms with van der Waals surface area (Å²) >= 11 is 0. The number of phenols is 1. The Balaban J connectivity index is 0.000000555. The van der Waals surface area contributed by atoms with Crippen LogP contribution in [0, 0.1) is 32.6 Å². The molecule has 2 aromatic rings. The van der Waals surface area contributed by atoms with Gasteiger partial charge < -0.3 is 34.3 Å². The Bertz CT molecular complexity index is 1880. The summed E-state index contributed by atoms with van der Waals surface area (Å²) in [6, 6.07) is 7.14. The second kappa shape index (κ2) is 21.9. The first-order chi connectivity index (χ1) is 25.8. The number of fused-ring (bicyclic) bond motifs is 3. The summed E-state index contributed by atoms with van der Waals surface area (Å²) in [5.41, 5.74) is 4.56. The molecule has 320 valence electrons. The number of hydrogen-bond acceptors (Lipinski definition) is 11.